The van der Waals surface area contributed by atoms with Crippen molar-refractivity contribution in [1.82, 2.24) is 0 Å². The fraction of sp³-hybridized carbons (Fsp3) is 0. The van der Waals surface area contributed by atoms with Gasteiger partial charge in [0.1, 0.15) is 5.82 Å². The molecule has 0 unspecified atom stereocenters. The second-order valence-corrected chi connectivity index (χ2v) is 2.24. The highest BCUT2D eigenvalue weighted by atomic mass is 19.4. The van der Waals surface area contributed by atoms with Crippen molar-refractivity contribution in [3.8, 4) is 0 Å². The molecule has 0 heterocycles. The van der Waals surface area contributed by atoms with Gasteiger partial charge >= 0.3 is 6.98 Å². The highest BCUT2D eigenvalue weighted by Gasteiger charge is 2.29. The molecule has 66 valence electrons. The first kappa shape index (κ1) is 9.03. The first-order valence-electron chi connectivity index (χ1n) is 3.06. The normalized spacial score (nSPS) is 11.8. The third-order valence-electron chi connectivity index (χ3n) is 1.31. The van der Waals surface area contributed by atoms with E-state index in [2.05, 4.69) is 0 Å². The molecule has 6 heteroatoms. The maximum atomic E-state index is 12.4. The van der Waals surface area contributed by atoms with E-state index in [4.69, 9.17) is 0 Å². The van der Waals surface area contributed by atoms with Gasteiger partial charge in [-0.25, -0.2) is 8.78 Å². The van der Waals surface area contributed by atoms with Gasteiger partial charge in [0, 0.05) is 0 Å². The largest absolute Gasteiger partial charge is 0.512 e. The maximum absolute atomic E-state index is 12.4. The molecule has 0 aliphatic heterocycles. The molecule has 0 radical (unpaired) electrons. The minimum Gasteiger partial charge on any atom is -0.445 e. The summed E-state index contributed by atoms with van der Waals surface area (Å²) in [4.78, 5) is 0. The van der Waals surface area contributed by atoms with Crippen LogP contribution in [0.25, 0.3) is 0 Å². The van der Waals surface area contributed by atoms with Gasteiger partial charge in [-0.2, -0.15) is 0 Å². The van der Waals surface area contributed by atoms with Crippen LogP contribution in [0.2, 0.25) is 0 Å². The molecular weight excluding hydrogens is 178 g/mol. The van der Waals surface area contributed by atoms with E-state index in [1.54, 1.807) is 0 Å². The lowest BCUT2D eigenvalue weighted by Gasteiger charge is -2.15. The SMILES string of the molecule is Fc1ccc(F)c([B-](F)(F)F)c1. The average molecular weight is 181 g/mol. The molecule has 0 saturated heterocycles. The van der Waals surface area contributed by atoms with E-state index in [9.17, 15) is 21.7 Å². The average Bonchev–Trinajstić information content (AvgIpc) is 1.92. The molecule has 0 aliphatic rings. The van der Waals surface area contributed by atoms with Crippen LogP contribution >= 0.6 is 0 Å². The Morgan fingerprint density at radius 1 is 1.00 bits per heavy atom. The topological polar surface area (TPSA) is 0 Å². The lowest BCUT2D eigenvalue weighted by Crippen LogP contribution is -2.36. The molecular formula is C6H3BF5-. The highest BCUT2D eigenvalue weighted by molar-refractivity contribution is 6.73. The fourth-order valence-corrected chi connectivity index (χ4v) is 0.765. The van der Waals surface area contributed by atoms with Crippen molar-refractivity contribution in [2.24, 2.45) is 0 Å². The maximum Gasteiger partial charge on any atom is 0.512 e. The standard InChI is InChI=1S/C6H3BF5/c8-4-1-2-6(9)5(3-4)7(10,11)12/h1-3H/q-1. The Morgan fingerprint density at radius 2 is 1.58 bits per heavy atom. The third-order valence-corrected chi connectivity index (χ3v) is 1.31. The van der Waals surface area contributed by atoms with Gasteiger partial charge in [0.2, 0.25) is 0 Å². The molecule has 0 aromatic heterocycles. The molecule has 1 aromatic rings. The van der Waals surface area contributed by atoms with Crippen molar-refractivity contribution in [1.29, 1.82) is 0 Å². The van der Waals surface area contributed by atoms with Gasteiger partial charge in [0.25, 0.3) is 0 Å². The smallest absolute Gasteiger partial charge is 0.445 e. The summed E-state index contributed by atoms with van der Waals surface area (Å²) in [6, 6.07) is 1.25. The van der Waals surface area contributed by atoms with Crippen molar-refractivity contribution in [2.45, 2.75) is 0 Å². The van der Waals surface area contributed by atoms with Crippen LogP contribution in [0.5, 0.6) is 0 Å². The monoisotopic (exact) mass is 181 g/mol. The molecule has 0 nitrogen and oxygen atoms in total. The summed E-state index contributed by atoms with van der Waals surface area (Å²) < 4.78 is 60.3. The van der Waals surface area contributed by atoms with E-state index < -0.39 is 24.1 Å². The Labute approximate surface area is 65.1 Å². The van der Waals surface area contributed by atoms with Gasteiger partial charge in [-0.1, -0.05) is 11.5 Å². The minimum atomic E-state index is -5.46. The lowest BCUT2D eigenvalue weighted by molar-refractivity contribution is 0.492. The van der Waals surface area contributed by atoms with Crippen molar-refractivity contribution in [3.05, 3.63) is 29.8 Å². The quantitative estimate of drug-likeness (QED) is 0.459. The van der Waals surface area contributed by atoms with Crippen LogP contribution in [0.1, 0.15) is 0 Å². The van der Waals surface area contributed by atoms with E-state index in [-0.39, 0.29) is 6.07 Å². The predicted octanol–water partition coefficient (Wildman–Crippen LogP) is 2.02. The number of benzene rings is 1. The number of hydrogen-bond acceptors (Lipinski definition) is 0. The van der Waals surface area contributed by atoms with Gasteiger partial charge in [-0.05, 0) is 12.1 Å². The molecule has 0 amide bonds. The fourth-order valence-electron chi connectivity index (χ4n) is 0.765. The zero-order chi connectivity index (χ0) is 9.35. The van der Waals surface area contributed by atoms with Gasteiger partial charge in [-0.15, -0.1) is 0 Å². The number of hydrogen-bond donors (Lipinski definition) is 0. The van der Waals surface area contributed by atoms with E-state index in [0.29, 0.717) is 12.1 Å². The second-order valence-electron chi connectivity index (χ2n) is 2.24. The zero-order valence-corrected chi connectivity index (χ0v) is 5.70. The van der Waals surface area contributed by atoms with Crippen LogP contribution in [0.3, 0.4) is 0 Å². The van der Waals surface area contributed by atoms with Crippen LogP contribution in [0.15, 0.2) is 18.2 Å². The Hall–Kier alpha value is -1.07. The van der Waals surface area contributed by atoms with Crippen molar-refractivity contribution in [3.63, 3.8) is 0 Å². The Bertz CT molecular complexity index is 292. The van der Waals surface area contributed by atoms with E-state index in [0.717, 1.165) is 0 Å². The summed E-state index contributed by atoms with van der Waals surface area (Å²) in [5.41, 5.74) is -1.52. The van der Waals surface area contributed by atoms with Crippen LogP contribution in [-0.4, -0.2) is 6.98 Å². The molecule has 0 saturated carbocycles. The summed E-state index contributed by atoms with van der Waals surface area (Å²) >= 11 is 0. The first-order valence-corrected chi connectivity index (χ1v) is 3.06. The Balaban J connectivity index is 3.23. The first-order chi connectivity index (χ1) is 5.41. The highest BCUT2D eigenvalue weighted by Crippen LogP contribution is 2.12. The van der Waals surface area contributed by atoms with Gasteiger partial charge in [0.05, 0.1) is 5.82 Å². The molecule has 0 fully saturated rings. The third kappa shape index (κ3) is 1.75. The van der Waals surface area contributed by atoms with Gasteiger partial charge in [0.15, 0.2) is 0 Å². The molecule has 12 heavy (non-hydrogen) atoms. The number of rotatable bonds is 1. The summed E-state index contributed by atoms with van der Waals surface area (Å²) in [7, 11) is 0. The van der Waals surface area contributed by atoms with Crippen molar-refractivity contribution < 1.29 is 21.7 Å². The lowest BCUT2D eigenvalue weighted by atomic mass is 9.80. The van der Waals surface area contributed by atoms with E-state index in [1.165, 1.54) is 0 Å². The van der Waals surface area contributed by atoms with E-state index >= 15 is 0 Å². The Kier molecular flexibility index (Phi) is 2.08. The van der Waals surface area contributed by atoms with Crippen molar-refractivity contribution >= 4 is 12.4 Å². The second kappa shape index (κ2) is 2.77. The van der Waals surface area contributed by atoms with Crippen LogP contribution < -0.4 is 5.46 Å². The molecule has 0 bridgehead atoms. The Morgan fingerprint density at radius 3 is 2.00 bits per heavy atom. The molecule has 0 atom stereocenters. The summed E-state index contributed by atoms with van der Waals surface area (Å²) in [5, 5.41) is 0. The van der Waals surface area contributed by atoms with Gasteiger partial charge < -0.3 is 12.9 Å². The molecule has 1 aromatic carbocycles. The number of halogens is 5. The van der Waals surface area contributed by atoms with Crippen LogP contribution in [0, 0.1) is 11.6 Å². The molecule has 0 spiro atoms. The van der Waals surface area contributed by atoms with E-state index in [1.807, 2.05) is 0 Å². The predicted molar refractivity (Wildman–Crippen MR) is 35.1 cm³/mol. The summed E-state index contributed by atoms with van der Waals surface area (Å²) in [6.07, 6.45) is 0. The molecule has 0 aliphatic carbocycles. The summed E-state index contributed by atoms with van der Waals surface area (Å²) in [6.45, 7) is -5.46. The van der Waals surface area contributed by atoms with Crippen molar-refractivity contribution in [2.75, 3.05) is 0 Å². The van der Waals surface area contributed by atoms with Gasteiger partial charge in [-0.3, -0.25) is 0 Å². The summed E-state index contributed by atoms with van der Waals surface area (Å²) in [5.74, 6) is -2.53. The zero-order valence-electron chi connectivity index (χ0n) is 5.70. The van der Waals surface area contributed by atoms with Crippen LogP contribution in [-0.2, 0) is 0 Å². The van der Waals surface area contributed by atoms with Crippen LogP contribution in [0.4, 0.5) is 21.7 Å². The molecule has 0 N–H and O–H groups in total. The minimum absolute atomic E-state index is 0.148. The molecule has 1 rings (SSSR count).